The monoisotopic (exact) mass is 409 g/mol. The Morgan fingerprint density at radius 3 is 2.43 bits per heavy atom. The third-order valence-corrected chi connectivity index (χ3v) is 5.30. The van der Waals surface area contributed by atoms with Gasteiger partial charge in [0, 0.05) is 25.1 Å². The molecule has 1 heterocycles. The molecule has 1 atom stereocenters. The van der Waals surface area contributed by atoms with Crippen LogP contribution >= 0.6 is 0 Å². The van der Waals surface area contributed by atoms with E-state index in [0.717, 1.165) is 18.4 Å². The van der Waals surface area contributed by atoms with Crippen LogP contribution in [0.4, 0.5) is 0 Å². The van der Waals surface area contributed by atoms with Crippen LogP contribution in [0.5, 0.6) is 17.2 Å². The quantitative estimate of drug-likeness (QED) is 0.513. The summed E-state index contributed by atoms with van der Waals surface area (Å²) in [7, 11) is 4.71. The molecule has 6 heteroatoms. The number of carbonyl (C=O) groups excluding carboxylic acids is 2. The minimum atomic E-state index is -0.228. The van der Waals surface area contributed by atoms with Crippen molar-refractivity contribution in [3.63, 3.8) is 0 Å². The number of hydrogen-bond donors (Lipinski definition) is 0. The van der Waals surface area contributed by atoms with Gasteiger partial charge in [-0.2, -0.15) is 0 Å². The molecule has 1 amide bonds. The summed E-state index contributed by atoms with van der Waals surface area (Å²) in [5.41, 5.74) is 1.40. The number of likely N-dealkylation sites (tertiary alicyclic amines) is 1. The van der Waals surface area contributed by atoms with Crippen molar-refractivity contribution in [2.75, 3.05) is 34.4 Å². The number of benzene rings is 2. The van der Waals surface area contributed by atoms with Crippen molar-refractivity contribution in [2.24, 2.45) is 5.92 Å². The molecule has 0 aromatic heterocycles. The second-order valence-electron chi connectivity index (χ2n) is 7.14. The molecular formula is C24H27NO5. The lowest BCUT2D eigenvalue weighted by atomic mass is 9.89. The molecule has 1 unspecified atom stereocenters. The number of ketones is 1. The van der Waals surface area contributed by atoms with Crippen LogP contribution in [0.2, 0.25) is 0 Å². The van der Waals surface area contributed by atoms with Crippen LogP contribution in [0.25, 0.3) is 6.08 Å². The van der Waals surface area contributed by atoms with Crippen molar-refractivity contribution in [3.05, 3.63) is 59.7 Å². The molecule has 1 fully saturated rings. The van der Waals surface area contributed by atoms with E-state index in [9.17, 15) is 9.59 Å². The first-order chi connectivity index (χ1) is 14.6. The highest BCUT2D eigenvalue weighted by Gasteiger charge is 2.29. The molecule has 2 aromatic rings. The molecule has 6 nitrogen and oxygen atoms in total. The van der Waals surface area contributed by atoms with E-state index in [1.54, 1.807) is 50.5 Å². The van der Waals surface area contributed by atoms with Gasteiger partial charge >= 0.3 is 0 Å². The Kier molecular flexibility index (Phi) is 7.12. The summed E-state index contributed by atoms with van der Waals surface area (Å²) in [6.07, 6.45) is 4.84. The highest BCUT2D eigenvalue weighted by Crippen LogP contribution is 2.29. The van der Waals surface area contributed by atoms with Crippen molar-refractivity contribution >= 4 is 17.8 Å². The van der Waals surface area contributed by atoms with E-state index in [2.05, 4.69) is 0 Å². The van der Waals surface area contributed by atoms with Crippen molar-refractivity contribution in [1.82, 2.24) is 4.90 Å². The number of Topliss-reactive ketones (excluding diaryl/α,β-unsaturated/α-hetero) is 1. The second kappa shape index (κ2) is 9.96. The smallest absolute Gasteiger partial charge is 0.246 e. The van der Waals surface area contributed by atoms with Crippen LogP contribution in [0.1, 0.15) is 28.8 Å². The maximum atomic E-state index is 13.0. The van der Waals surface area contributed by atoms with Crippen LogP contribution in [-0.2, 0) is 4.79 Å². The third-order valence-electron chi connectivity index (χ3n) is 5.30. The van der Waals surface area contributed by atoms with Gasteiger partial charge in [0.15, 0.2) is 17.3 Å². The number of rotatable bonds is 7. The Bertz CT molecular complexity index is 937. The van der Waals surface area contributed by atoms with Gasteiger partial charge < -0.3 is 19.1 Å². The summed E-state index contributed by atoms with van der Waals surface area (Å²) >= 11 is 0. The lowest BCUT2D eigenvalue weighted by Crippen LogP contribution is -2.41. The van der Waals surface area contributed by atoms with E-state index >= 15 is 0 Å². The standard InChI is InChI=1S/C24H27NO5/c1-28-20-9-5-4-8-19(20)24(27)18-7-6-14-25(16-18)23(26)13-11-17-10-12-21(29-2)22(15-17)30-3/h4-5,8-13,15,18H,6-7,14,16H2,1-3H3/b13-11+. The van der Waals surface area contributed by atoms with Crippen LogP contribution in [0.3, 0.4) is 0 Å². The summed E-state index contributed by atoms with van der Waals surface area (Å²) in [4.78, 5) is 27.5. The van der Waals surface area contributed by atoms with E-state index in [0.29, 0.717) is 35.9 Å². The van der Waals surface area contributed by atoms with Crippen molar-refractivity contribution < 1.29 is 23.8 Å². The molecule has 0 saturated carbocycles. The van der Waals surface area contributed by atoms with E-state index in [4.69, 9.17) is 14.2 Å². The number of methoxy groups -OCH3 is 3. The van der Waals surface area contributed by atoms with Gasteiger partial charge in [-0.3, -0.25) is 9.59 Å². The van der Waals surface area contributed by atoms with Crippen LogP contribution in [-0.4, -0.2) is 51.0 Å². The summed E-state index contributed by atoms with van der Waals surface area (Å²) in [6.45, 7) is 1.05. The van der Waals surface area contributed by atoms with E-state index in [1.165, 1.54) is 6.08 Å². The predicted octanol–water partition coefficient (Wildman–Crippen LogP) is 3.85. The van der Waals surface area contributed by atoms with E-state index in [-0.39, 0.29) is 17.6 Å². The number of piperidine rings is 1. The minimum Gasteiger partial charge on any atom is -0.496 e. The average Bonchev–Trinajstić information content (AvgIpc) is 2.81. The van der Waals surface area contributed by atoms with Crippen molar-refractivity contribution in [3.8, 4) is 17.2 Å². The number of nitrogens with zero attached hydrogens (tertiary/aromatic N) is 1. The zero-order chi connectivity index (χ0) is 21.5. The molecule has 158 valence electrons. The molecule has 2 aromatic carbocycles. The Morgan fingerprint density at radius 2 is 1.70 bits per heavy atom. The number of ether oxygens (including phenoxy) is 3. The molecule has 0 radical (unpaired) electrons. The normalized spacial score (nSPS) is 16.4. The maximum Gasteiger partial charge on any atom is 0.246 e. The minimum absolute atomic E-state index is 0.0221. The zero-order valence-electron chi connectivity index (χ0n) is 17.6. The molecule has 3 rings (SSSR count). The fourth-order valence-electron chi connectivity index (χ4n) is 3.69. The van der Waals surface area contributed by atoms with Gasteiger partial charge in [-0.15, -0.1) is 0 Å². The van der Waals surface area contributed by atoms with Crippen molar-refractivity contribution in [2.45, 2.75) is 12.8 Å². The molecule has 0 bridgehead atoms. The first-order valence-corrected chi connectivity index (χ1v) is 9.93. The summed E-state index contributed by atoms with van der Waals surface area (Å²) < 4.78 is 15.9. The largest absolute Gasteiger partial charge is 0.496 e. The molecule has 30 heavy (non-hydrogen) atoms. The van der Waals surface area contributed by atoms with Gasteiger partial charge in [0.25, 0.3) is 0 Å². The lowest BCUT2D eigenvalue weighted by molar-refractivity contribution is -0.127. The van der Waals surface area contributed by atoms with Gasteiger partial charge in [0.1, 0.15) is 5.75 Å². The summed E-state index contributed by atoms with van der Waals surface area (Å²) in [5.74, 6) is 1.49. The molecule has 1 saturated heterocycles. The first kappa shape index (κ1) is 21.4. The number of hydrogen-bond acceptors (Lipinski definition) is 5. The highest BCUT2D eigenvalue weighted by molar-refractivity contribution is 6.01. The second-order valence-corrected chi connectivity index (χ2v) is 7.14. The van der Waals surface area contributed by atoms with Crippen molar-refractivity contribution in [1.29, 1.82) is 0 Å². The van der Waals surface area contributed by atoms with Crippen LogP contribution < -0.4 is 14.2 Å². The van der Waals surface area contributed by atoms with Gasteiger partial charge in [-0.05, 0) is 48.7 Å². The molecule has 1 aliphatic heterocycles. The average molecular weight is 409 g/mol. The van der Waals surface area contributed by atoms with Crippen LogP contribution in [0.15, 0.2) is 48.5 Å². The van der Waals surface area contributed by atoms with E-state index in [1.807, 2.05) is 24.3 Å². The van der Waals surface area contributed by atoms with Gasteiger partial charge in [0.05, 0.1) is 26.9 Å². The van der Waals surface area contributed by atoms with Gasteiger partial charge in [0.2, 0.25) is 5.91 Å². The zero-order valence-corrected chi connectivity index (χ0v) is 17.6. The Balaban J connectivity index is 1.68. The topological polar surface area (TPSA) is 65.1 Å². The molecule has 0 aliphatic carbocycles. The fourth-order valence-corrected chi connectivity index (χ4v) is 3.69. The molecular weight excluding hydrogens is 382 g/mol. The number of amides is 1. The molecule has 0 N–H and O–H groups in total. The fraction of sp³-hybridized carbons (Fsp3) is 0.333. The Morgan fingerprint density at radius 1 is 0.967 bits per heavy atom. The first-order valence-electron chi connectivity index (χ1n) is 9.93. The third kappa shape index (κ3) is 4.82. The van der Waals surface area contributed by atoms with Crippen LogP contribution in [0, 0.1) is 5.92 Å². The van der Waals surface area contributed by atoms with Gasteiger partial charge in [-0.1, -0.05) is 18.2 Å². The summed E-state index contributed by atoms with van der Waals surface area (Å²) in [5, 5.41) is 0. The summed E-state index contributed by atoms with van der Waals surface area (Å²) in [6, 6.07) is 12.7. The number of carbonyl (C=O) groups is 2. The Labute approximate surface area is 177 Å². The maximum absolute atomic E-state index is 13.0. The number of para-hydroxylation sites is 1. The predicted molar refractivity (Wildman–Crippen MR) is 115 cm³/mol. The van der Waals surface area contributed by atoms with Gasteiger partial charge in [-0.25, -0.2) is 0 Å². The highest BCUT2D eigenvalue weighted by atomic mass is 16.5. The Hall–Kier alpha value is -3.28. The SMILES string of the molecule is COc1ccc(/C=C/C(=O)N2CCCC(C(=O)c3ccccc3OC)C2)cc1OC. The molecule has 1 aliphatic rings. The van der Waals surface area contributed by atoms with E-state index < -0.39 is 0 Å². The molecule has 0 spiro atoms. The lowest BCUT2D eigenvalue weighted by Gasteiger charge is -2.31.